The minimum atomic E-state index is -3.66. The van der Waals surface area contributed by atoms with E-state index >= 15 is 0 Å². The van der Waals surface area contributed by atoms with Crippen LogP contribution in [0.25, 0.3) is 22.4 Å². The van der Waals surface area contributed by atoms with Crippen molar-refractivity contribution in [2.75, 3.05) is 24.2 Å². The third kappa shape index (κ3) is 4.91. The van der Waals surface area contributed by atoms with Gasteiger partial charge in [0.25, 0.3) is 5.91 Å². The van der Waals surface area contributed by atoms with Gasteiger partial charge in [-0.3, -0.25) is 9.10 Å². The van der Waals surface area contributed by atoms with Gasteiger partial charge in [0.05, 0.1) is 23.3 Å². The molecule has 2 N–H and O–H groups in total. The van der Waals surface area contributed by atoms with Gasteiger partial charge in [-0.25, -0.2) is 12.8 Å². The molecule has 0 aliphatic carbocycles. The van der Waals surface area contributed by atoms with Crippen molar-refractivity contribution >= 4 is 32.8 Å². The number of nitrogens with zero attached hydrogens (tertiary/aromatic N) is 2. The number of anilines is 1. The predicted octanol–water partition coefficient (Wildman–Crippen LogP) is 3.23. The fourth-order valence-electron chi connectivity index (χ4n) is 3.48. The Morgan fingerprint density at radius 2 is 1.97 bits per heavy atom. The Balaban J connectivity index is 2.18. The van der Waals surface area contributed by atoms with E-state index in [0.717, 1.165) is 6.26 Å². The van der Waals surface area contributed by atoms with E-state index in [0.29, 0.717) is 29.4 Å². The molecule has 1 aromatic carbocycles. The summed E-state index contributed by atoms with van der Waals surface area (Å²) < 4.78 is 45.4. The van der Waals surface area contributed by atoms with E-state index in [1.165, 1.54) is 35.6 Å². The molecule has 0 spiro atoms. The Kier molecular flexibility index (Phi) is 6.85. The van der Waals surface area contributed by atoms with Gasteiger partial charge in [-0.1, -0.05) is 0 Å². The average Bonchev–Trinajstić information content (AvgIpc) is 3.08. The number of aromatic nitrogens is 1. The molecular weight excluding hydrogens is 437 g/mol. The second-order valence-electron chi connectivity index (χ2n) is 7.70. The number of halogens is 1. The SMILES string of the molecule is CNC(=O)c1c(-c2ccc(F)cc2)oc2nc(N(CCCC(C)O)S(C)(=O)=O)c(C)cc12. The summed E-state index contributed by atoms with van der Waals surface area (Å²) in [7, 11) is -2.18. The molecule has 0 radical (unpaired) electrons. The maximum Gasteiger partial charge on any atom is 0.255 e. The number of furan rings is 1. The maximum atomic E-state index is 13.4. The number of hydrogen-bond donors (Lipinski definition) is 2. The molecule has 8 nitrogen and oxygen atoms in total. The van der Waals surface area contributed by atoms with Crippen molar-refractivity contribution in [3.8, 4) is 11.3 Å². The first-order valence-electron chi connectivity index (χ1n) is 10.1. The molecule has 0 aliphatic heterocycles. The molecule has 0 aliphatic rings. The number of carbonyl (C=O) groups is 1. The van der Waals surface area contributed by atoms with Gasteiger partial charge >= 0.3 is 0 Å². The number of pyridine rings is 1. The minimum absolute atomic E-state index is 0.0905. The summed E-state index contributed by atoms with van der Waals surface area (Å²) in [4.78, 5) is 17.1. The summed E-state index contributed by atoms with van der Waals surface area (Å²) >= 11 is 0. The van der Waals surface area contributed by atoms with E-state index in [4.69, 9.17) is 4.42 Å². The molecule has 0 bridgehead atoms. The lowest BCUT2D eigenvalue weighted by atomic mass is 10.0. The zero-order chi connectivity index (χ0) is 23.6. The highest BCUT2D eigenvalue weighted by atomic mass is 32.2. The van der Waals surface area contributed by atoms with Crippen LogP contribution in [0.2, 0.25) is 0 Å². The first-order chi connectivity index (χ1) is 15.0. The van der Waals surface area contributed by atoms with Crippen LogP contribution < -0.4 is 9.62 Å². The number of benzene rings is 1. The second-order valence-corrected chi connectivity index (χ2v) is 9.61. The van der Waals surface area contributed by atoms with Gasteiger partial charge in [0.2, 0.25) is 15.7 Å². The number of rotatable bonds is 8. The number of hydrogen-bond acceptors (Lipinski definition) is 6. The number of aliphatic hydroxyl groups is 1. The van der Waals surface area contributed by atoms with E-state index in [-0.39, 0.29) is 29.4 Å². The maximum absolute atomic E-state index is 13.4. The third-order valence-corrected chi connectivity index (χ3v) is 6.18. The topological polar surface area (TPSA) is 113 Å². The molecule has 32 heavy (non-hydrogen) atoms. The van der Waals surface area contributed by atoms with Crippen molar-refractivity contribution in [1.82, 2.24) is 10.3 Å². The van der Waals surface area contributed by atoms with Crippen LogP contribution in [0, 0.1) is 12.7 Å². The molecule has 3 rings (SSSR count). The Morgan fingerprint density at radius 1 is 1.31 bits per heavy atom. The highest BCUT2D eigenvalue weighted by molar-refractivity contribution is 7.92. The molecule has 10 heteroatoms. The van der Waals surface area contributed by atoms with Crippen molar-refractivity contribution in [3.05, 3.63) is 47.3 Å². The molecule has 0 saturated carbocycles. The average molecular weight is 464 g/mol. The van der Waals surface area contributed by atoms with E-state index < -0.39 is 27.9 Å². The van der Waals surface area contributed by atoms with Crippen LogP contribution in [0.1, 0.15) is 35.7 Å². The molecular formula is C22H26FN3O5S. The molecule has 2 heterocycles. The predicted molar refractivity (Wildman–Crippen MR) is 121 cm³/mol. The van der Waals surface area contributed by atoms with Crippen molar-refractivity contribution < 1.29 is 27.1 Å². The smallest absolute Gasteiger partial charge is 0.255 e. The number of aliphatic hydroxyl groups excluding tert-OH is 1. The Hall–Kier alpha value is -2.98. The van der Waals surface area contributed by atoms with Gasteiger partial charge in [-0.15, -0.1) is 0 Å². The summed E-state index contributed by atoms with van der Waals surface area (Å²) in [6.07, 6.45) is 1.41. The molecule has 0 fully saturated rings. The van der Waals surface area contributed by atoms with E-state index in [1.54, 1.807) is 19.9 Å². The Bertz CT molecular complexity index is 1240. The lowest BCUT2D eigenvalue weighted by Gasteiger charge is -2.23. The first-order valence-corrected chi connectivity index (χ1v) is 12.0. The lowest BCUT2D eigenvalue weighted by molar-refractivity contribution is 0.0964. The van der Waals surface area contributed by atoms with Crippen LogP contribution in [0.3, 0.4) is 0 Å². The summed E-state index contributed by atoms with van der Waals surface area (Å²) in [5.74, 6) is -0.436. The van der Waals surface area contributed by atoms with E-state index in [9.17, 15) is 22.7 Å². The highest BCUT2D eigenvalue weighted by Crippen LogP contribution is 2.36. The summed E-state index contributed by atoms with van der Waals surface area (Å²) in [5.41, 5.74) is 1.35. The van der Waals surface area contributed by atoms with Crippen molar-refractivity contribution in [3.63, 3.8) is 0 Å². The number of amides is 1. The number of carbonyl (C=O) groups excluding carboxylic acids is 1. The quantitative estimate of drug-likeness (QED) is 0.530. The van der Waals surface area contributed by atoms with Crippen LogP contribution >= 0.6 is 0 Å². The van der Waals surface area contributed by atoms with E-state index in [2.05, 4.69) is 10.3 Å². The van der Waals surface area contributed by atoms with Gasteiger partial charge < -0.3 is 14.8 Å². The standard InChI is InChI=1S/C22H26FN3O5S/c1-13-12-17-18(21(28)24-3)19(15-7-9-16(23)10-8-15)31-22(17)25-20(13)26(32(4,29)30)11-5-6-14(2)27/h7-10,12,14,27H,5-6,11H2,1-4H3,(H,24,28). The highest BCUT2D eigenvalue weighted by Gasteiger charge is 2.26. The molecule has 1 unspecified atom stereocenters. The summed E-state index contributed by atoms with van der Waals surface area (Å²) in [6.45, 7) is 3.48. The summed E-state index contributed by atoms with van der Waals surface area (Å²) in [5, 5.41) is 12.5. The van der Waals surface area contributed by atoms with Crippen LogP contribution in [-0.4, -0.2) is 50.4 Å². The monoisotopic (exact) mass is 463 g/mol. The lowest BCUT2D eigenvalue weighted by Crippen LogP contribution is -2.32. The van der Waals surface area contributed by atoms with Gasteiger partial charge in [-0.2, -0.15) is 4.98 Å². The van der Waals surface area contributed by atoms with Crippen LogP contribution in [-0.2, 0) is 10.0 Å². The zero-order valence-electron chi connectivity index (χ0n) is 18.3. The molecule has 1 atom stereocenters. The second kappa shape index (κ2) is 9.25. The molecule has 172 valence electrons. The third-order valence-electron chi connectivity index (χ3n) is 5.03. The van der Waals surface area contributed by atoms with Crippen LogP contribution in [0.5, 0.6) is 0 Å². The minimum Gasteiger partial charge on any atom is -0.437 e. The van der Waals surface area contributed by atoms with Gasteiger partial charge in [-0.05, 0) is 62.6 Å². The van der Waals surface area contributed by atoms with Crippen molar-refractivity contribution in [2.24, 2.45) is 0 Å². The fourth-order valence-corrected chi connectivity index (χ4v) is 4.44. The largest absolute Gasteiger partial charge is 0.437 e. The van der Waals surface area contributed by atoms with Gasteiger partial charge in [0.1, 0.15) is 17.4 Å². The van der Waals surface area contributed by atoms with Gasteiger partial charge in [0, 0.05) is 19.2 Å². The van der Waals surface area contributed by atoms with Crippen LogP contribution in [0.4, 0.5) is 10.2 Å². The molecule has 2 aromatic heterocycles. The number of aryl methyl sites for hydroxylation is 1. The zero-order valence-corrected chi connectivity index (χ0v) is 19.2. The Morgan fingerprint density at radius 3 is 2.53 bits per heavy atom. The van der Waals surface area contributed by atoms with E-state index in [1.807, 2.05) is 0 Å². The van der Waals surface area contributed by atoms with Crippen LogP contribution in [0.15, 0.2) is 34.7 Å². The summed E-state index contributed by atoms with van der Waals surface area (Å²) in [6, 6.07) is 7.16. The number of sulfonamides is 1. The van der Waals surface area contributed by atoms with Crippen molar-refractivity contribution in [1.29, 1.82) is 0 Å². The van der Waals surface area contributed by atoms with Gasteiger partial charge in [0.15, 0.2) is 0 Å². The molecule has 0 saturated heterocycles. The normalized spacial score (nSPS) is 12.7. The molecule has 1 amide bonds. The fraction of sp³-hybridized carbons (Fsp3) is 0.364. The number of fused-ring (bicyclic) bond motifs is 1. The number of nitrogens with one attached hydrogen (secondary N) is 1. The first kappa shape index (κ1) is 23.7. The molecule has 3 aromatic rings. The Labute approximate surface area is 186 Å². The van der Waals surface area contributed by atoms with Crippen molar-refractivity contribution in [2.45, 2.75) is 32.8 Å².